The van der Waals surface area contributed by atoms with Crippen LogP contribution in [-0.4, -0.2) is 44.6 Å². The predicted molar refractivity (Wildman–Crippen MR) is 121 cm³/mol. The van der Waals surface area contributed by atoms with Crippen LogP contribution in [0.15, 0.2) is 59.8 Å². The van der Waals surface area contributed by atoms with Gasteiger partial charge in [0.1, 0.15) is 10.8 Å². The quantitative estimate of drug-likeness (QED) is 0.368. The number of ether oxygens (including phenoxy) is 1. The molecule has 0 aliphatic carbocycles. The fraction of sp³-hybridized carbons (Fsp3) is 0.190. The number of amides is 1. The minimum atomic E-state index is -0.389. The van der Waals surface area contributed by atoms with Crippen molar-refractivity contribution in [3.8, 4) is 11.4 Å². The summed E-state index contributed by atoms with van der Waals surface area (Å²) in [5.41, 5.74) is 1.46. The molecule has 2 heterocycles. The third-order valence-corrected chi connectivity index (χ3v) is 6.44. The molecule has 0 spiro atoms. The monoisotopic (exact) mass is 470 g/mol. The molecule has 0 radical (unpaired) electrons. The van der Waals surface area contributed by atoms with E-state index in [2.05, 4.69) is 25.7 Å². The smallest absolute Gasteiger partial charge is 0.286 e. The van der Waals surface area contributed by atoms with Gasteiger partial charge in [-0.15, -0.1) is 20.4 Å². The summed E-state index contributed by atoms with van der Waals surface area (Å²) in [6.45, 7) is 1.13. The maximum absolute atomic E-state index is 13.0. The van der Waals surface area contributed by atoms with E-state index in [-0.39, 0.29) is 16.7 Å². The summed E-state index contributed by atoms with van der Waals surface area (Å²) in [6.07, 6.45) is 0. The lowest BCUT2D eigenvalue weighted by molar-refractivity contribution is 0.102. The van der Waals surface area contributed by atoms with Gasteiger partial charge in [0.15, 0.2) is 11.0 Å². The summed E-state index contributed by atoms with van der Waals surface area (Å²) >= 11 is 2.66. The van der Waals surface area contributed by atoms with Gasteiger partial charge in [-0.05, 0) is 24.3 Å². The van der Waals surface area contributed by atoms with Crippen LogP contribution in [0.2, 0.25) is 0 Å². The number of aromatic nitrogens is 5. The molecule has 1 amide bonds. The molecule has 0 saturated heterocycles. The van der Waals surface area contributed by atoms with Gasteiger partial charge in [-0.25, -0.2) is 4.39 Å². The Morgan fingerprint density at radius 2 is 1.88 bits per heavy atom. The average Bonchev–Trinajstić information content (AvgIpc) is 3.45. The molecule has 2 aromatic carbocycles. The van der Waals surface area contributed by atoms with Crippen LogP contribution in [0, 0.1) is 5.82 Å². The minimum Gasteiger partial charge on any atom is -0.383 e. The van der Waals surface area contributed by atoms with E-state index in [4.69, 9.17) is 4.74 Å². The highest BCUT2D eigenvalue weighted by Crippen LogP contribution is 2.27. The Morgan fingerprint density at radius 1 is 1.09 bits per heavy atom. The highest BCUT2D eigenvalue weighted by Gasteiger charge is 2.17. The number of carbonyl (C=O) groups excluding carboxylic acids is 1. The summed E-state index contributed by atoms with van der Waals surface area (Å²) in [7, 11) is 1.65. The zero-order valence-electron chi connectivity index (χ0n) is 17.1. The zero-order chi connectivity index (χ0) is 22.3. The molecule has 0 bridgehead atoms. The van der Waals surface area contributed by atoms with Crippen LogP contribution >= 0.6 is 23.1 Å². The number of hydrogen-bond donors (Lipinski definition) is 1. The number of rotatable bonds is 9. The Kier molecular flexibility index (Phi) is 7.20. The van der Waals surface area contributed by atoms with E-state index in [0.717, 1.165) is 16.5 Å². The second kappa shape index (κ2) is 10.4. The number of halogens is 1. The highest BCUT2D eigenvalue weighted by molar-refractivity contribution is 7.98. The number of nitrogens with zero attached hydrogens (tertiary/aromatic N) is 5. The Bertz CT molecular complexity index is 1180. The van der Waals surface area contributed by atoms with Gasteiger partial charge < -0.3 is 10.1 Å². The minimum absolute atomic E-state index is 0.232. The fourth-order valence-electron chi connectivity index (χ4n) is 2.83. The van der Waals surface area contributed by atoms with Crippen LogP contribution < -0.4 is 5.32 Å². The number of benzene rings is 2. The number of hydrogen-bond acceptors (Lipinski definition) is 8. The topological polar surface area (TPSA) is 94.8 Å². The van der Waals surface area contributed by atoms with Crippen molar-refractivity contribution in [2.75, 3.05) is 19.0 Å². The summed E-state index contributed by atoms with van der Waals surface area (Å²) in [5, 5.41) is 21.1. The van der Waals surface area contributed by atoms with Gasteiger partial charge in [0.2, 0.25) is 5.01 Å². The lowest BCUT2D eigenvalue weighted by Gasteiger charge is -2.09. The van der Waals surface area contributed by atoms with Crippen LogP contribution in [0.4, 0.5) is 10.1 Å². The van der Waals surface area contributed by atoms with Gasteiger partial charge in [0.25, 0.3) is 5.91 Å². The van der Waals surface area contributed by atoms with E-state index in [1.54, 1.807) is 7.11 Å². The van der Waals surface area contributed by atoms with Gasteiger partial charge in [0.05, 0.1) is 18.9 Å². The average molecular weight is 471 g/mol. The first-order valence-electron chi connectivity index (χ1n) is 9.63. The Hall–Kier alpha value is -3.15. The summed E-state index contributed by atoms with van der Waals surface area (Å²) in [4.78, 5) is 12.4. The molecule has 0 unspecified atom stereocenters. The summed E-state index contributed by atoms with van der Waals surface area (Å²) < 4.78 is 20.3. The van der Waals surface area contributed by atoms with E-state index in [9.17, 15) is 9.18 Å². The van der Waals surface area contributed by atoms with Gasteiger partial charge in [-0.2, -0.15) is 0 Å². The van der Waals surface area contributed by atoms with E-state index < -0.39 is 0 Å². The molecule has 164 valence electrons. The van der Waals surface area contributed by atoms with Crippen LogP contribution in [0.1, 0.15) is 14.8 Å². The normalized spacial score (nSPS) is 10.9. The van der Waals surface area contributed by atoms with Gasteiger partial charge >= 0.3 is 0 Å². The first-order chi connectivity index (χ1) is 15.6. The first-order valence-corrected chi connectivity index (χ1v) is 11.4. The molecule has 0 fully saturated rings. The Labute approximate surface area is 191 Å². The van der Waals surface area contributed by atoms with Crippen LogP contribution in [0.5, 0.6) is 0 Å². The number of nitrogens with one attached hydrogen (secondary N) is 1. The maximum atomic E-state index is 13.0. The number of anilines is 1. The molecule has 0 atom stereocenters. The van der Waals surface area contributed by atoms with Gasteiger partial charge in [-0.3, -0.25) is 9.36 Å². The second-order valence-electron chi connectivity index (χ2n) is 6.57. The summed E-state index contributed by atoms with van der Waals surface area (Å²) in [5.74, 6) is 0.496. The van der Waals surface area contributed by atoms with Crippen LogP contribution in [0.3, 0.4) is 0 Å². The third kappa shape index (κ3) is 5.36. The van der Waals surface area contributed by atoms with E-state index in [1.165, 1.54) is 47.4 Å². The lowest BCUT2D eigenvalue weighted by atomic mass is 10.2. The van der Waals surface area contributed by atoms with E-state index in [1.807, 2.05) is 34.9 Å². The second-order valence-corrected chi connectivity index (χ2v) is 8.57. The molecule has 0 aliphatic rings. The van der Waals surface area contributed by atoms with Gasteiger partial charge in [0, 0.05) is 18.4 Å². The zero-order valence-corrected chi connectivity index (χ0v) is 18.7. The number of thioether (sulfide) groups is 1. The highest BCUT2D eigenvalue weighted by atomic mass is 32.2. The van der Waals surface area contributed by atoms with Crippen molar-refractivity contribution in [2.24, 2.45) is 0 Å². The lowest BCUT2D eigenvalue weighted by Crippen LogP contribution is -2.11. The van der Waals surface area contributed by atoms with Crippen molar-refractivity contribution in [3.05, 3.63) is 70.4 Å². The van der Waals surface area contributed by atoms with E-state index >= 15 is 0 Å². The molecule has 4 aromatic rings. The largest absolute Gasteiger partial charge is 0.383 e. The molecule has 0 saturated carbocycles. The van der Waals surface area contributed by atoms with E-state index in [0.29, 0.717) is 29.6 Å². The van der Waals surface area contributed by atoms with Crippen molar-refractivity contribution in [2.45, 2.75) is 17.5 Å². The summed E-state index contributed by atoms with van der Waals surface area (Å²) in [6, 6.07) is 15.4. The van der Waals surface area contributed by atoms with Crippen molar-refractivity contribution < 1.29 is 13.9 Å². The first kappa shape index (κ1) is 22.1. The molecular weight excluding hydrogens is 451 g/mol. The molecule has 8 nitrogen and oxygen atoms in total. The van der Waals surface area contributed by atoms with Crippen molar-refractivity contribution in [1.29, 1.82) is 0 Å². The van der Waals surface area contributed by atoms with Crippen molar-refractivity contribution in [3.63, 3.8) is 0 Å². The Balaban J connectivity index is 1.43. The SMILES string of the molecule is COCCn1c(SCc2nnc(C(=O)Nc3ccc(F)cc3)s2)nnc1-c1ccccc1. The van der Waals surface area contributed by atoms with Crippen molar-refractivity contribution in [1.82, 2.24) is 25.0 Å². The fourth-order valence-corrected chi connectivity index (χ4v) is 4.51. The Morgan fingerprint density at radius 3 is 2.62 bits per heavy atom. The maximum Gasteiger partial charge on any atom is 0.286 e. The predicted octanol–water partition coefficient (Wildman–Crippen LogP) is 4.13. The molecule has 0 aliphatic heterocycles. The molecule has 11 heteroatoms. The van der Waals surface area contributed by atoms with Gasteiger partial charge in [-0.1, -0.05) is 53.4 Å². The van der Waals surface area contributed by atoms with Crippen LogP contribution in [-0.2, 0) is 17.0 Å². The standard InChI is InChI=1S/C21H19FN6O2S2/c1-30-12-11-28-18(14-5-3-2-4-6-14)25-27-21(28)31-13-17-24-26-20(32-17)19(29)23-16-9-7-15(22)8-10-16/h2-10H,11-13H2,1H3,(H,23,29). The molecule has 32 heavy (non-hydrogen) atoms. The molecule has 1 N–H and O–H groups in total. The number of methoxy groups -OCH3 is 1. The number of carbonyl (C=O) groups is 1. The third-order valence-electron chi connectivity index (χ3n) is 4.36. The van der Waals surface area contributed by atoms with Crippen LogP contribution in [0.25, 0.3) is 11.4 Å². The molecular formula is C21H19FN6O2S2. The molecule has 4 rings (SSSR count). The molecule has 2 aromatic heterocycles. The van der Waals surface area contributed by atoms with Crippen molar-refractivity contribution >= 4 is 34.7 Å².